The predicted molar refractivity (Wildman–Crippen MR) is 135 cm³/mol. The highest BCUT2D eigenvalue weighted by atomic mass is 79.9. The molecule has 0 bridgehead atoms. The molecular weight excluding hydrogens is 548 g/mol. The Morgan fingerprint density at radius 3 is 2.70 bits per heavy atom. The van der Waals surface area contributed by atoms with E-state index in [4.69, 9.17) is 11.6 Å². The molecule has 1 amide bonds. The molecule has 170 valence electrons. The van der Waals surface area contributed by atoms with Crippen molar-refractivity contribution in [1.29, 1.82) is 0 Å². The normalized spacial score (nSPS) is 12.5. The minimum absolute atomic E-state index is 0.0368. The fourth-order valence-electron chi connectivity index (χ4n) is 3.23. The van der Waals surface area contributed by atoms with Crippen LogP contribution in [0.3, 0.4) is 0 Å². The predicted octanol–water partition coefficient (Wildman–Crippen LogP) is 5.44. The maximum atomic E-state index is 13.1. The van der Waals surface area contributed by atoms with Crippen molar-refractivity contribution in [3.8, 4) is 0 Å². The number of amides is 1. The summed E-state index contributed by atoms with van der Waals surface area (Å²) in [6.07, 6.45) is 2.88. The summed E-state index contributed by atoms with van der Waals surface area (Å²) in [5, 5.41) is 3.80. The van der Waals surface area contributed by atoms with E-state index >= 15 is 0 Å². The highest BCUT2D eigenvalue weighted by molar-refractivity contribution is 9.10. The zero-order valence-corrected chi connectivity index (χ0v) is 21.2. The Kier molecular flexibility index (Phi) is 6.99. The fraction of sp³-hybridized carbons (Fsp3) is 0.136. The van der Waals surface area contributed by atoms with E-state index in [2.05, 4.69) is 35.3 Å². The molecule has 0 spiro atoms. The molecule has 0 radical (unpaired) electrons. The topological polar surface area (TPSA) is 101 Å². The number of benzene rings is 2. The zero-order valence-electron chi connectivity index (χ0n) is 17.2. The van der Waals surface area contributed by atoms with Crippen LogP contribution in [-0.4, -0.2) is 30.2 Å². The number of anilines is 1. The number of hydrogen-bond acceptors (Lipinski definition) is 6. The van der Waals surface area contributed by atoms with Gasteiger partial charge in [0.2, 0.25) is 0 Å². The largest absolute Gasteiger partial charge is 0.351 e. The Hall–Kier alpha value is -2.53. The van der Waals surface area contributed by atoms with E-state index in [9.17, 15) is 13.2 Å². The summed E-state index contributed by atoms with van der Waals surface area (Å²) in [6, 6.07) is 13.9. The third kappa shape index (κ3) is 5.35. The standard InChI is InChI=1S/C22H18BrClN4O3S2/c1-13(14-2-5-16(24)6-3-14)11-26-21(29)17-7-4-15(23)10-19(17)28-33(30,31)22-18-12-27-32-20(18)8-9-25-22/h2-10,12-13,28H,11H2,1H3,(H,26,29). The minimum Gasteiger partial charge on any atom is -0.351 e. The number of halogens is 2. The second-order valence-electron chi connectivity index (χ2n) is 7.31. The second-order valence-corrected chi connectivity index (χ2v) is 11.1. The van der Waals surface area contributed by atoms with E-state index in [1.54, 1.807) is 36.4 Å². The third-order valence-corrected chi connectivity index (χ3v) is 7.81. The molecular formula is C22H18BrClN4O3S2. The number of pyridine rings is 1. The van der Waals surface area contributed by atoms with Crippen LogP contribution in [0.15, 0.2) is 70.4 Å². The number of aromatic nitrogens is 2. The number of rotatable bonds is 7. The molecule has 2 aromatic heterocycles. The Morgan fingerprint density at radius 1 is 1.18 bits per heavy atom. The van der Waals surface area contributed by atoms with Crippen LogP contribution in [0.5, 0.6) is 0 Å². The maximum absolute atomic E-state index is 13.1. The number of nitrogens with zero attached hydrogens (tertiary/aromatic N) is 2. The number of fused-ring (bicyclic) bond motifs is 1. The van der Waals surface area contributed by atoms with Gasteiger partial charge in [-0.1, -0.05) is 46.6 Å². The van der Waals surface area contributed by atoms with E-state index in [0.717, 1.165) is 5.56 Å². The number of carbonyl (C=O) groups excluding carboxylic acids is 1. The summed E-state index contributed by atoms with van der Waals surface area (Å²) < 4.78 is 34.1. The smallest absolute Gasteiger partial charge is 0.280 e. The van der Waals surface area contributed by atoms with Gasteiger partial charge in [-0.15, -0.1) is 0 Å². The number of nitrogens with one attached hydrogen (secondary N) is 2. The molecule has 0 saturated carbocycles. The molecule has 0 aliphatic heterocycles. The first kappa shape index (κ1) is 23.6. The van der Waals surface area contributed by atoms with E-state index in [0.29, 0.717) is 26.1 Å². The third-order valence-electron chi connectivity index (χ3n) is 4.98. The van der Waals surface area contributed by atoms with Gasteiger partial charge in [-0.25, -0.2) is 4.98 Å². The summed E-state index contributed by atoms with van der Waals surface area (Å²) >= 11 is 10.5. The molecule has 2 aromatic carbocycles. The van der Waals surface area contributed by atoms with Crippen molar-refractivity contribution in [2.45, 2.75) is 17.9 Å². The van der Waals surface area contributed by atoms with E-state index in [1.165, 1.54) is 23.9 Å². The summed E-state index contributed by atoms with van der Waals surface area (Å²) in [5.41, 5.74) is 1.36. The van der Waals surface area contributed by atoms with E-state index in [1.807, 2.05) is 19.1 Å². The summed E-state index contributed by atoms with van der Waals surface area (Å²) in [6.45, 7) is 2.35. The van der Waals surface area contributed by atoms with Gasteiger partial charge in [0.1, 0.15) is 0 Å². The molecule has 33 heavy (non-hydrogen) atoms. The van der Waals surface area contributed by atoms with Gasteiger partial charge in [0.15, 0.2) is 5.03 Å². The van der Waals surface area contributed by atoms with Crippen molar-refractivity contribution in [1.82, 2.24) is 14.7 Å². The molecule has 4 rings (SSSR count). The highest BCUT2D eigenvalue weighted by Crippen LogP contribution is 2.28. The molecule has 11 heteroatoms. The molecule has 7 nitrogen and oxygen atoms in total. The molecule has 0 aliphatic rings. The van der Waals surface area contributed by atoms with E-state index in [-0.39, 0.29) is 22.2 Å². The Labute approximate surface area is 208 Å². The Morgan fingerprint density at radius 2 is 1.94 bits per heavy atom. The van der Waals surface area contributed by atoms with Gasteiger partial charge in [-0.05, 0) is 59.4 Å². The lowest BCUT2D eigenvalue weighted by atomic mass is 10.0. The van der Waals surface area contributed by atoms with Gasteiger partial charge in [0.25, 0.3) is 15.9 Å². The Balaban J connectivity index is 1.56. The van der Waals surface area contributed by atoms with Gasteiger partial charge < -0.3 is 5.32 Å². The molecule has 0 aliphatic carbocycles. The highest BCUT2D eigenvalue weighted by Gasteiger charge is 2.23. The average Bonchev–Trinajstić information content (AvgIpc) is 3.26. The van der Waals surface area contributed by atoms with Crippen molar-refractivity contribution >= 4 is 70.8 Å². The van der Waals surface area contributed by atoms with Crippen LogP contribution in [0.2, 0.25) is 5.02 Å². The van der Waals surface area contributed by atoms with Crippen molar-refractivity contribution in [3.05, 3.63) is 81.5 Å². The van der Waals surface area contributed by atoms with Crippen molar-refractivity contribution in [3.63, 3.8) is 0 Å². The van der Waals surface area contributed by atoms with Gasteiger partial charge in [-0.3, -0.25) is 9.52 Å². The second kappa shape index (κ2) is 9.76. The number of sulfonamides is 1. The number of carbonyl (C=O) groups is 1. The van der Waals surface area contributed by atoms with Crippen LogP contribution in [0.25, 0.3) is 10.1 Å². The van der Waals surface area contributed by atoms with Gasteiger partial charge in [0.05, 0.1) is 27.5 Å². The van der Waals surface area contributed by atoms with Crippen LogP contribution in [0.1, 0.15) is 28.8 Å². The molecule has 0 fully saturated rings. The van der Waals surface area contributed by atoms with Gasteiger partial charge >= 0.3 is 0 Å². The molecule has 1 atom stereocenters. The molecule has 0 saturated heterocycles. The lowest BCUT2D eigenvalue weighted by Crippen LogP contribution is -2.28. The van der Waals surface area contributed by atoms with Crippen LogP contribution >= 0.6 is 39.1 Å². The van der Waals surface area contributed by atoms with Crippen LogP contribution in [0, 0.1) is 0 Å². The average molecular weight is 566 g/mol. The van der Waals surface area contributed by atoms with Crippen molar-refractivity contribution in [2.75, 3.05) is 11.3 Å². The van der Waals surface area contributed by atoms with Crippen LogP contribution < -0.4 is 10.0 Å². The summed E-state index contributed by atoms with van der Waals surface area (Å²) in [4.78, 5) is 17.0. The lowest BCUT2D eigenvalue weighted by molar-refractivity contribution is 0.0952. The number of hydrogen-bond donors (Lipinski definition) is 2. The summed E-state index contributed by atoms with van der Waals surface area (Å²) in [7, 11) is -4.07. The first-order chi connectivity index (χ1) is 15.7. The quantitative estimate of drug-likeness (QED) is 0.311. The molecule has 2 N–H and O–H groups in total. The fourth-order valence-corrected chi connectivity index (χ4v) is 5.63. The molecule has 1 unspecified atom stereocenters. The van der Waals surface area contributed by atoms with Gasteiger partial charge in [0, 0.05) is 22.2 Å². The maximum Gasteiger partial charge on any atom is 0.280 e. The van der Waals surface area contributed by atoms with Crippen molar-refractivity contribution in [2.24, 2.45) is 0 Å². The first-order valence-electron chi connectivity index (χ1n) is 9.80. The van der Waals surface area contributed by atoms with Crippen LogP contribution in [0.4, 0.5) is 5.69 Å². The van der Waals surface area contributed by atoms with Crippen LogP contribution in [-0.2, 0) is 10.0 Å². The van der Waals surface area contributed by atoms with Crippen molar-refractivity contribution < 1.29 is 13.2 Å². The monoisotopic (exact) mass is 564 g/mol. The molecule has 4 aromatic rings. The SMILES string of the molecule is CC(CNC(=O)c1ccc(Br)cc1NS(=O)(=O)c1nccc2sncc12)c1ccc(Cl)cc1. The minimum atomic E-state index is -4.07. The lowest BCUT2D eigenvalue weighted by Gasteiger charge is -2.16. The Bertz CT molecular complexity index is 1430. The molecule has 2 heterocycles. The van der Waals surface area contributed by atoms with Gasteiger partial charge in [-0.2, -0.15) is 12.8 Å². The first-order valence-corrected chi connectivity index (χ1v) is 13.2. The summed E-state index contributed by atoms with van der Waals surface area (Å²) in [5.74, 6) is -0.362. The zero-order chi connectivity index (χ0) is 23.6. The van der Waals surface area contributed by atoms with E-state index < -0.39 is 15.9 Å².